The van der Waals surface area contributed by atoms with Gasteiger partial charge in [-0.3, -0.25) is 10.0 Å². The first-order valence-electron chi connectivity index (χ1n) is 14.7. The van der Waals surface area contributed by atoms with Crippen molar-refractivity contribution in [3.05, 3.63) is 133 Å². The summed E-state index contributed by atoms with van der Waals surface area (Å²) < 4.78 is 4.63. The molecule has 0 aliphatic rings. The summed E-state index contributed by atoms with van der Waals surface area (Å²) in [5.74, 6) is 0. The fraction of sp³-hybridized carbons (Fsp3) is 0.222. The van der Waals surface area contributed by atoms with Crippen LogP contribution in [0.15, 0.2) is 132 Å². The van der Waals surface area contributed by atoms with Gasteiger partial charge in [-0.15, -0.1) is 0 Å². The van der Waals surface area contributed by atoms with Crippen molar-refractivity contribution in [2.75, 3.05) is 24.1 Å². The van der Waals surface area contributed by atoms with Crippen molar-refractivity contribution in [2.24, 2.45) is 10.2 Å². The molecule has 0 radical (unpaired) electrons. The average Bonchev–Trinajstić information content (AvgIpc) is 3.05. The molecule has 3 aromatic carbocycles. The van der Waals surface area contributed by atoms with E-state index >= 15 is 0 Å². The highest BCUT2D eigenvalue weighted by atomic mass is 79.9. The zero-order valence-corrected chi connectivity index (χ0v) is 28.6. The van der Waals surface area contributed by atoms with Crippen LogP contribution >= 0.6 is 0 Å². The second-order valence-electron chi connectivity index (χ2n) is 10.5. The van der Waals surface area contributed by atoms with Crippen LogP contribution in [-0.4, -0.2) is 26.5 Å². The number of hydrazone groups is 2. The maximum absolute atomic E-state index is 4.69. The minimum Gasteiger partial charge on any atom is -1.00 e. The van der Waals surface area contributed by atoms with E-state index in [1.807, 2.05) is 72.9 Å². The van der Waals surface area contributed by atoms with Crippen LogP contribution in [0.5, 0.6) is 0 Å². The SMILES string of the molecule is CN(/N=C/c1cc[n+](CCCCCC[n+]2ccc(/C=N/N(C)c3ccccc3)c3ccccc32)cc1)c1ccccc1.[Br-].[Br-]. The lowest BCUT2D eigenvalue weighted by Crippen LogP contribution is -3.00. The first-order valence-corrected chi connectivity index (χ1v) is 14.7. The Balaban J connectivity index is 0.00000264. The molecule has 228 valence electrons. The lowest BCUT2D eigenvalue weighted by atomic mass is 10.1. The van der Waals surface area contributed by atoms with Gasteiger partial charge < -0.3 is 34.0 Å². The van der Waals surface area contributed by atoms with E-state index in [-0.39, 0.29) is 34.0 Å². The number of rotatable bonds is 13. The van der Waals surface area contributed by atoms with Crippen LogP contribution in [-0.2, 0) is 13.1 Å². The molecule has 0 saturated carbocycles. The molecule has 5 aromatic rings. The predicted molar refractivity (Wildman–Crippen MR) is 174 cm³/mol. The quantitative estimate of drug-likeness (QED) is 0.0777. The number of nitrogens with zero attached hydrogens (tertiary/aromatic N) is 6. The van der Waals surface area contributed by atoms with Crippen LogP contribution in [0.4, 0.5) is 11.4 Å². The van der Waals surface area contributed by atoms with E-state index in [9.17, 15) is 0 Å². The van der Waals surface area contributed by atoms with Gasteiger partial charge in [0.2, 0.25) is 5.52 Å². The summed E-state index contributed by atoms with van der Waals surface area (Å²) in [5.41, 5.74) is 5.61. The molecule has 0 N–H and O–H groups in total. The second kappa shape index (κ2) is 18.0. The van der Waals surface area contributed by atoms with E-state index in [1.54, 1.807) is 0 Å². The summed E-state index contributed by atoms with van der Waals surface area (Å²) in [6, 6.07) is 35.4. The number of aryl methyl sites for hydroxylation is 2. The van der Waals surface area contributed by atoms with Crippen LogP contribution in [0.2, 0.25) is 0 Å². The largest absolute Gasteiger partial charge is 1.00 e. The molecule has 0 unspecified atom stereocenters. The second-order valence-corrected chi connectivity index (χ2v) is 10.5. The number of hydrogen-bond donors (Lipinski definition) is 0. The van der Waals surface area contributed by atoms with E-state index in [4.69, 9.17) is 0 Å². The van der Waals surface area contributed by atoms with Gasteiger partial charge in [0.25, 0.3) is 0 Å². The number of para-hydroxylation sites is 3. The lowest BCUT2D eigenvalue weighted by molar-refractivity contribution is -0.697. The summed E-state index contributed by atoms with van der Waals surface area (Å²) in [4.78, 5) is 0. The van der Waals surface area contributed by atoms with E-state index < -0.39 is 0 Å². The molecule has 0 fully saturated rings. The molecule has 2 aromatic heterocycles. The van der Waals surface area contributed by atoms with E-state index in [0.29, 0.717) is 0 Å². The number of anilines is 2. The Morgan fingerprint density at radius 1 is 0.568 bits per heavy atom. The predicted octanol–water partition coefficient (Wildman–Crippen LogP) is 0.624. The van der Waals surface area contributed by atoms with E-state index in [1.165, 1.54) is 30.2 Å². The molecule has 2 heterocycles. The number of aromatic nitrogens is 2. The Morgan fingerprint density at radius 3 is 1.75 bits per heavy atom. The van der Waals surface area contributed by atoms with Crippen LogP contribution < -0.4 is 53.1 Å². The number of benzene rings is 3. The van der Waals surface area contributed by atoms with Crippen molar-refractivity contribution in [1.82, 2.24) is 0 Å². The Kier molecular flexibility index (Phi) is 14.2. The molecular weight excluding hydrogens is 676 g/mol. The highest BCUT2D eigenvalue weighted by Crippen LogP contribution is 2.16. The summed E-state index contributed by atoms with van der Waals surface area (Å²) in [6.07, 6.45) is 15.1. The Morgan fingerprint density at radius 2 is 1.11 bits per heavy atom. The molecule has 6 nitrogen and oxygen atoms in total. The summed E-state index contributed by atoms with van der Waals surface area (Å²) in [6.45, 7) is 2.04. The highest BCUT2D eigenvalue weighted by molar-refractivity contribution is 5.97. The number of fused-ring (bicyclic) bond motifs is 1. The van der Waals surface area contributed by atoms with Crippen LogP contribution in [0.25, 0.3) is 10.9 Å². The molecule has 5 rings (SSSR count). The molecule has 44 heavy (non-hydrogen) atoms. The van der Waals surface area contributed by atoms with Crippen molar-refractivity contribution >= 4 is 34.7 Å². The Labute approximate surface area is 282 Å². The van der Waals surface area contributed by atoms with Crippen molar-refractivity contribution in [2.45, 2.75) is 38.8 Å². The van der Waals surface area contributed by atoms with Crippen molar-refractivity contribution in [3.8, 4) is 0 Å². The smallest absolute Gasteiger partial charge is 0.213 e. The van der Waals surface area contributed by atoms with Gasteiger partial charge in [-0.05, 0) is 43.2 Å². The molecule has 0 saturated heterocycles. The van der Waals surface area contributed by atoms with Gasteiger partial charge in [-0.1, -0.05) is 48.5 Å². The van der Waals surface area contributed by atoms with Gasteiger partial charge in [0, 0.05) is 62.3 Å². The third kappa shape index (κ3) is 9.82. The third-order valence-corrected chi connectivity index (χ3v) is 7.45. The molecule has 0 atom stereocenters. The van der Waals surface area contributed by atoms with Crippen molar-refractivity contribution < 1.29 is 43.1 Å². The summed E-state index contributed by atoms with van der Waals surface area (Å²) in [5, 5.41) is 14.3. The zero-order chi connectivity index (χ0) is 29.0. The lowest BCUT2D eigenvalue weighted by Gasteiger charge is -2.12. The number of halogens is 2. The van der Waals surface area contributed by atoms with Crippen molar-refractivity contribution in [1.29, 1.82) is 0 Å². The maximum atomic E-state index is 4.69. The molecule has 8 heteroatoms. The fourth-order valence-corrected chi connectivity index (χ4v) is 4.97. The molecular formula is C36H40Br2N6. The van der Waals surface area contributed by atoms with E-state index in [0.717, 1.165) is 42.0 Å². The molecule has 0 spiro atoms. The normalized spacial score (nSPS) is 11.0. The summed E-state index contributed by atoms with van der Waals surface area (Å²) >= 11 is 0. The standard InChI is InChI=1S/C36H40N6.2BrH/c1-39(33-15-7-5-8-16-33)37-29-31-21-26-41(27-22-31)24-13-3-4-14-25-42-28-23-32(35-19-11-12-20-36(35)42)30-38-40(2)34-17-9-6-10-18-34;;/h5-12,15-23,26-30H,3-4,13-14,24-25H2,1-2H3;2*1H/q+2;;/p-2. The topological polar surface area (TPSA) is 39.0 Å². The fourth-order valence-electron chi connectivity index (χ4n) is 4.97. The third-order valence-electron chi connectivity index (χ3n) is 7.45. The number of hydrogen-bond acceptors (Lipinski definition) is 4. The average molecular weight is 717 g/mol. The molecule has 0 aliphatic heterocycles. The van der Waals surface area contributed by atoms with Gasteiger partial charge in [0.1, 0.15) is 13.1 Å². The molecule has 0 amide bonds. The first-order chi connectivity index (χ1) is 20.7. The minimum absolute atomic E-state index is 0. The van der Waals surface area contributed by atoms with Crippen molar-refractivity contribution in [3.63, 3.8) is 0 Å². The van der Waals surface area contributed by atoms with Crippen LogP contribution in [0.1, 0.15) is 36.8 Å². The van der Waals surface area contributed by atoms with Crippen LogP contribution in [0, 0.1) is 0 Å². The van der Waals surface area contributed by atoms with Gasteiger partial charge in [0.05, 0.1) is 29.2 Å². The van der Waals surface area contributed by atoms with E-state index in [2.05, 4.69) is 105 Å². The maximum Gasteiger partial charge on any atom is 0.213 e. The Bertz CT molecular complexity index is 1610. The van der Waals surface area contributed by atoms with Gasteiger partial charge >= 0.3 is 0 Å². The zero-order valence-electron chi connectivity index (χ0n) is 25.4. The number of unbranched alkanes of at least 4 members (excludes halogenated alkanes) is 3. The monoisotopic (exact) mass is 714 g/mol. The molecule has 0 aliphatic carbocycles. The number of pyridine rings is 2. The summed E-state index contributed by atoms with van der Waals surface area (Å²) in [7, 11) is 3.94. The molecule has 0 bridgehead atoms. The van der Waals surface area contributed by atoms with Gasteiger partial charge in [0.15, 0.2) is 18.6 Å². The van der Waals surface area contributed by atoms with Gasteiger partial charge in [-0.25, -0.2) is 4.57 Å². The highest BCUT2D eigenvalue weighted by Gasteiger charge is 2.11. The minimum atomic E-state index is 0. The Hall–Kier alpha value is -3.88. The van der Waals surface area contributed by atoms with Gasteiger partial charge in [-0.2, -0.15) is 14.8 Å². The first kappa shape index (κ1) is 34.6. The van der Waals surface area contributed by atoms with Crippen LogP contribution in [0.3, 0.4) is 0 Å².